The predicted molar refractivity (Wildman–Crippen MR) is 110 cm³/mol. The number of hydrogen-bond donors (Lipinski definition) is 1. The maximum absolute atomic E-state index is 12.4. The molecule has 3 rings (SSSR count). The zero-order valence-electron chi connectivity index (χ0n) is 17.2. The first kappa shape index (κ1) is 20.5. The van der Waals surface area contributed by atoms with Crippen LogP contribution in [0.3, 0.4) is 0 Å². The Labute approximate surface area is 167 Å². The minimum absolute atomic E-state index is 0.0679. The summed E-state index contributed by atoms with van der Waals surface area (Å²) in [4.78, 5) is 15.0. The molecule has 2 heterocycles. The third-order valence-corrected chi connectivity index (χ3v) is 5.88. The highest BCUT2D eigenvalue weighted by atomic mass is 16.5. The molecule has 0 spiro atoms. The van der Waals surface area contributed by atoms with E-state index in [1.54, 1.807) is 33.5 Å². The molecular formula is C22H32N2O4. The second-order valence-electron chi connectivity index (χ2n) is 7.54. The van der Waals surface area contributed by atoms with Gasteiger partial charge in [-0.2, -0.15) is 0 Å². The van der Waals surface area contributed by atoms with Crippen LogP contribution in [-0.2, 0) is 4.79 Å². The Bertz CT molecular complexity index is 677. The van der Waals surface area contributed by atoms with Crippen LogP contribution in [0, 0.1) is 5.92 Å². The van der Waals surface area contributed by atoms with Crippen molar-refractivity contribution in [1.82, 2.24) is 10.2 Å². The number of carbonyl (C=O) groups is 1. The molecule has 0 radical (unpaired) electrons. The molecule has 2 aliphatic heterocycles. The standard InChI is InChI=1S/C22H32N2O4/c1-26-19-13-16(14-20(27-2)22(19)28-3)9-10-21(25)23-15-17-7-6-12-24-11-5-4-8-18(17)24/h9-10,13-14,17-18H,4-8,11-12,15H2,1-3H3,(H,23,25)/b10-9+/t17-,18+/m0/s1. The second-order valence-corrected chi connectivity index (χ2v) is 7.54. The number of nitrogens with zero attached hydrogens (tertiary/aromatic N) is 1. The topological polar surface area (TPSA) is 60.0 Å². The fourth-order valence-electron chi connectivity index (χ4n) is 4.48. The van der Waals surface area contributed by atoms with Gasteiger partial charge in [0.05, 0.1) is 21.3 Å². The van der Waals surface area contributed by atoms with E-state index in [0.29, 0.717) is 29.2 Å². The first-order valence-electron chi connectivity index (χ1n) is 10.2. The normalized spacial score (nSPS) is 22.5. The number of methoxy groups -OCH3 is 3. The van der Waals surface area contributed by atoms with Crippen molar-refractivity contribution in [3.63, 3.8) is 0 Å². The van der Waals surface area contributed by atoms with Gasteiger partial charge >= 0.3 is 0 Å². The van der Waals surface area contributed by atoms with Gasteiger partial charge in [-0.15, -0.1) is 0 Å². The molecule has 0 bridgehead atoms. The lowest BCUT2D eigenvalue weighted by Crippen LogP contribution is -2.50. The first-order valence-corrected chi connectivity index (χ1v) is 10.2. The minimum atomic E-state index is -0.0679. The quantitative estimate of drug-likeness (QED) is 0.728. The molecule has 0 saturated carbocycles. The summed E-state index contributed by atoms with van der Waals surface area (Å²) >= 11 is 0. The van der Waals surface area contributed by atoms with Gasteiger partial charge in [-0.05, 0) is 68.5 Å². The fourth-order valence-corrected chi connectivity index (χ4v) is 4.48. The molecule has 0 aromatic heterocycles. The molecule has 0 aliphatic carbocycles. The van der Waals surface area contributed by atoms with Crippen LogP contribution < -0.4 is 19.5 Å². The van der Waals surface area contributed by atoms with Gasteiger partial charge in [0.25, 0.3) is 0 Å². The van der Waals surface area contributed by atoms with Gasteiger partial charge < -0.3 is 24.4 Å². The van der Waals surface area contributed by atoms with E-state index < -0.39 is 0 Å². The summed E-state index contributed by atoms with van der Waals surface area (Å²) in [7, 11) is 4.73. The van der Waals surface area contributed by atoms with Gasteiger partial charge in [-0.3, -0.25) is 4.79 Å². The highest BCUT2D eigenvalue weighted by Gasteiger charge is 2.32. The molecule has 6 heteroatoms. The number of fused-ring (bicyclic) bond motifs is 1. The number of rotatable bonds is 7. The first-order chi connectivity index (χ1) is 13.7. The van der Waals surface area contributed by atoms with Crippen LogP contribution in [0.1, 0.15) is 37.7 Å². The monoisotopic (exact) mass is 388 g/mol. The van der Waals surface area contributed by atoms with E-state index in [4.69, 9.17) is 14.2 Å². The molecule has 1 aromatic rings. The maximum atomic E-state index is 12.4. The molecule has 28 heavy (non-hydrogen) atoms. The van der Waals surface area contributed by atoms with Gasteiger partial charge in [0.1, 0.15) is 0 Å². The molecule has 1 amide bonds. The Morgan fingerprint density at radius 3 is 2.46 bits per heavy atom. The zero-order chi connectivity index (χ0) is 19.9. The molecule has 1 N–H and O–H groups in total. The third-order valence-electron chi connectivity index (χ3n) is 5.88. The molecule has 2 aliphatic rings. The van der Waals surface area contributed by atoms with Gasteiger partial charge in [0.15, 0.2) is 11.5 Å². The van der Waals surface area contributed by atoms with E-state index in [2.05, 4.69) is 10.2 Å². The molecule has 2 fully saturated rings. The van der Waals surface area contributed by atoms with Gasteiger partial charge in [0, 0.05) is 18.7 Å². The average molecular weight is 389 g/mol. The predicted octanol–water partition coefficient (Wildman–Crippen LogP) is 3.11. The highest BCUT2D eigenvalue weighted by Crippen LogP contribution is 2.38. The highest BCUT2D eigenvalue weighted by molar-refractivity contribution is 5.91. The molecule has 0 unspecified atom stereocenters. The Hall–Kier alpha value is -2.21. The van der Waals surface area contributed by atoms with E-state index >= 15 is 0 Å². The van der Waals surface area contributed by atoms with Crippen molar-refractivity contribution < 1.29 is 19.0 Å². The van der Waals surface area contributed by atoms with E-state index in [1.165, 1.54) is 45.2 Å². The summed E-state index contributed by atoms with van der Waals surface area (Å²) in [6, 6.07) is 4.29. The van der Waals surface area contributed by atoms with Crippen molar-refractivity contribution in [2.24, 2.45) is 5.92 Å². The summed E-state index contributed by atoms with van der Waals surface area (Å²) in [5.74, 6) is 2.18. The van der Waals surface area contributed by atoms with Crippen LogP contribution in [0.5, 0.6) is 17.2 Å². The number of ether oxygens (including phenoxy) is 3. The molecule has 6 nitrogen and oxygen atoms in total. The Balaban J connectivity index is 1.59. The number of hydrogen-bond acceptors (Lipinski definition) is 5. The Kier molecular flexibility index (Phi) is 7.20. The van der Waals surface area contributed by atoms with Crippen molar-refractivity contribution in [3.8, 4) is 17.2 Å². The third kappa shape index (κ3) is 4.79. The minimum Gasteiger partial charge on any atom is -0.493 e. The van der Waals surface area contributed by atoms with Crippen molar-refractivity contribution >= 4 is 12.0 Å². The number of nitrogens with one attached hydrogen (secondary N) is 1. The number of benzene rings is 1. The lowest BCUT2D eigenvalue weighted by molar-refractivity contribution is -0.116. The summed E-state index contributed by atoms with van der Waals surface area (Å²) in [5, 5.41) is 3.10. The Morgan fingerprint density at radius 1 is 1.07 bits per heavy atom. The summed E-state index contributed by atoms with van der Waals surface area (Å²) < 4.78 is 16.0. The molecule has 154 valence electrons. The van der Waals surface area contributed by atoms with Crippen LogP contribution in [0.25, 0.3) is 6.08 Å². The average Bonchev–Trinajstić information content (AvgIpc) is 2.75. The van der Waals surface area contributed by atoms with Crippen LogP contribution in [-0.4, -0.2) is 57.8 Å². The lowest BCUT2D eigenvalue weighted by Gasteiger charge is -2.44. The van der Waals surface area contributed by atoms with E-state index in [-0.39, 0.29) is 5.91 Å². The van der Waals surface area contributed by atoms with Crippen LogP contribution in [0.4, 0.5) is 0 Å². The molecule has 2 atom stereocenters. The molecular weight excluding hydrogens is 356 g/mol. The van der Waals surface area contributed by atoms with E-state index in [1.807, 2.05) is 12.1 Å². The molecule has 2 saturated heterocycles. The van der Waals surface area contributed by atoms with Crippen LogP contribution >= 0.6 is 0 Å². The second kappa shape index (κ2) is 9.82. The van der Waals surface area contributed by atoms with Crippen LogP contribution in [0.15, 0.2) is 18.2 Å². The summed E-state index contributed by atoms with van der Waals surface area (Å²) in [5.41, 5.74) is 0.820. The van der Waals surface area contributed by atoms with E-state index in [9.17, 15) is 4.79 Å². The largest absolute Gasteiger partial charge is 0.493 e. The van der Waals surface area contributed by atoms with E-state index in [0.717, 1.165) is 12.1 Å². The fraction of sp³-hybridized carbons (Fsp3) is 0.591. The maximum Gasteiger partial charge on any atom is 0.244 e. The van der Waals surface area contributed by atoms with Crippen molar-refractivity contribution in [3.05, 3.63) is 23.8 Å². The zero-order valence-corrected chi connectivity index (χ0v) is 17.2. The van der Waals surface area contributed by atoms with Crippen LogP contribution in [0.2, 0.25) is 0 Å². The van der Waals surface area contributed by atoms with Crippen molar-refractivity contribution in [1.29, 1.82) is 0 Å². The lowest BCUT2D eigenvalue weighted by atomic mass is 9.83. The van der Waals surface area contributed by atoms with Crippen molar-refractivity contribution in [2.75, 3.05) is 41.0 Å². The summed E-state index contributed by atoms with van der Waals surface area (Å²) in [6.45, 7) is 3.19. The molecule has 1 aromatic carbocycles. The smallest absolute Gasteiger partial charge is 0.244 e. The SMILES string of the molecule is COc1cc(/C=C/C(=O)NC[C@@H]2CCCN3CCCC[C@H]23)cc(OC)c1OC. The van der Waals surface area contributed by atoms with Gasteiger partial charge in [0.2, 0.25) is 11.7 Å². The number of carbonyl (C=O) groups excluding carboxylic acids is 1. The summed E-state index contributed by atoms with van der Waals surface area (Å²) in [6.07, 6.45) is 9.67. The van der Waals surface area contributed by atoms with Crippen molar-refractivity contribution in [2.45, 2.75) is 38.1 Å². The number of piperidine rings is 2. The van der Waals surface area contributed by atoms with Gasteiger partial charge in [-0.25, -0.2) is 0 Å². The van der Waals surface area contributed by atoms with Gasteiger partial charge in [-0.1, -0.05) is 6.42 Å². The Morgan fingerprint density at radius 2 is 1.79 bits per heavy atom. The number of amides is 1.